The maximum atomic E-state index is 10.4. The Kier molecular flexibility index (Phi) is 6.34. The lowest BCUT2D eigenvalue weighted by Gasteiger charge is -2.36. The molecule has 1 aliphatic heterocycles. The van der Waals surface area contributed by atoms with Gasteiger partial charge >= 0.3 is 0 Å². The maximum absolute atomic E-state index is 10.4. The number of rotatable bonds is 7. The zero-order valence-corrected chi connectivity index (χ0v) is 16.9. The van der Waals surface area contributed by atoms with Crippen LogP contribution in [-0.4, -0.2) is 65.6 Å². The number of aromatic amines is 1. The molecule has 0 amide bonds. The van der Waals surface area contributed by atoms with Gasteiger partial charge in [-0.3, -0.25) is 10.00 Å². The van der Waals surface area contributed by atoms with Crippen LogP contribution in [0.2, 0.25) is 5.02 Å². The Balaban J connectivity index is 1.20. The highest BCUT2D eigenvalue weighted by molar-refractivity contribution is 6.30. The predicted octanol–water partition coefficient (Wildman–Crippen LogP) is 3.29. The van der Waals surface area contributed by atoms with Gasteiger partial charge in [0.05, 0.1) is 5.69 Å². The standard InChI is InChI=1S/C22H25ClN4O2/c23-18-3-5-19(6-4-18)27-13-11-26(12-14-27)15-20(28)16-29-21-7-1-17(2-8-21)22-9-10-24-25-22/h1-10,20,28H,11-16H2,(H,24,25). The van der Waals surface area contributed by atoms with E-state index in [1.807, 2.05) is 42.5 Å². The Morgan fingerprint density at radius 3 is 2.38 bits per heavy atom. The van der Waals surface area contributed by atoms with Crippen LogP contribution >= 0.6 is 11.6 Å². The van der Waals surface area contributed by atoms with Crippen molar-refractivity contribution in [2.75, 3.05) is 44.2 Å². The molecule has 0 saturated carbocycles. The van der Waals surface area contributed by atoms with Crippen LogP contribution in [0.3, 0.4) is 0 Å². The van der Waals surface area contributed by atoms with Crippen LogP contribution in [0.5, 0.6) is 5.75 Å². The Labute approximate surface area is 175 Å². The lowest BCUT2D eigenvalue weighted by atomic mass is 10.1. The molecule has 4 rings (SSSR count). The molecule has 7 heteroatoms. The van der Waals surface area contributed by atoms with E-state index < -0.39 is 6.10 Å². The second-order valence-corrected chi connectivity index (χ2v) is 7.65. The first-order chi connectivity index (χ1) is 14.2. The van der Waals surface area contributed by atoms with Crippen molar-refractivity contribution in [1.29, 1.82) is 0 Å². The lowest BCUT2D eigenvalue weighted by molar-refractivity contribution is 0.0663. The summed E-state index contributed by atoms with van der Waals surface area (Å²) in [6.45, 7) is 4.59. The number of nitrogens with zero attached hydrogens (tertiary/aromatic N) is 3. The average Bonchev–Trinajstić information content (AvgIpc) is 3.29. The third kappa shape index (κ3) is 5.29. The molecule has 2 N–H and O–H groups in total. The van der Waals surface area contributed by atoms with Gasteiger partial charge in [0, 0.05) is 55.2 Å². The summed E-state index contributed by atoms with van der Waals surface area (Å²) in [6, 6.07) is 17.6. The van der Waals surface area contributed by atoms with Crippen LogP contribution in [0.1, 0.15) is 0 Å². The third-order valence-electron chi connectivity index (χ3n) is 5.13. The normalized spacial score (nSPS) is 16.0. The van der Waals surface area contributed by atoms with Crippen molar-refractivity contribution in [3.05, 3.63) is 65.8 Å². The van der Waals surface area contributed by atoms with Crippen molar-refractivity contribution >= 4 is 17.3 Å². The van der Waals surface area contributed by atoms with Crippen molar-refractivity contribution < 1.29 is 9.84 Å². The smallest absolute Gasteiger partial charge is 0.119 e. The number of ether oxygens (including phenoxy) is 1. The number of hydrogen-bond donors (Lipinski definition) is 2. The molecule has 29 heavy (non-hydrogen) atoms. The molecule has 3 aromatic rings. The Bertz CT molecular complexity index is 876. The number of H-pyrrole nitrogens is 1. The molecular weight excluding hydrogens is 388 g/mol. The average molecular weight is 413 g/mol. The molecule has 0 aliphatic carbocycles. The van der Waals surface area contributed by atoms with Crippen molar-refractivity contribution in [2.24, 2.45) is 0 Å². The fraction of sp³-hybridized carbons (Fsp3) is 0.318. The quantitative estimate of drug-likeness (QED) is 0.623. The first kappa shape index (κ1) is 19.8. The number of aliphatic hydroxyl groups is 1. The van der Waals surface area contributed by atoms with E-state index in [4.69, 9.17) is 16.3 Å². The minimum Gasteiger partial charge on any atom is -0.491 e. The van der Waals surface area contributed by atoms with Gasteiger partial charge < -0.3 is 14.7 Å². The molecule has 1 aromatic heterocycles. The first-order valence-electron chi connectivity index (χ1n) is 9.81. The number of hydrogen-bond acceptors (Lipinski definition) is 5. The van der Waals surface area contributed by atoms with Crippen LogP contribution in [0.15, 0.2) is 60.8 Å². The highest BCUT2D eigenvalue weighted by atomic mass is 35.5. The number of halogens is 1. The fourth-order valence-corrected chi connectivity index (χ4v) is 3.65. The lowest BCUT2D eigenvalue weighted by Crippen LogP contribution is -2.49. The summed E-state index contributed by atoms with van der Waals surface area (Å²) >= 11 is 5.97. The van der Waals surface area contributed by atoms with Crippen molar-refractivity contribution in [3.63, 3.8) is 0 Å². The topological polar surface area (TPSA) is 64.6 Å². The Morgan fingerprint density at radius 2 is 1.72 bits per heavy atom. The van der Waals surface area contributed by atoms with E-state index in [9.17, 15) is 5.11 Å². The summed E-state index contributed by atoms with van der Waals surface area (Å²) in [5.41, 5.74) is 3.11. The van der Waals surface area contributed by atoms with Gasteiger partial charge in [0.15, 0.2) is 0 Å². The molecule has 2 aromatic carbocycles. The van der Waals surface area contributed by atoms with E-state index >= 15 is 0 Å². The van der Waals surface area contributed by atoms with Gasteiger partial charge in [-0.05, 0) is 54.6 Å². The summed E-state index contributed by atoms with van der Waals surface area (Å²) in [5, 5.41) is 18.1. The van der Waals surface area contributed by atoms with Gasteiger partial charge in [-0.25, -0.2) is 0 Å². The van der Waals surface area contributed by atoms with Crippen LogP contribution in [-0.2, 0) is 0 Å². The summed E-state index contributed by atoms with van der Waals surface area (Å²) in [7, 11) is 0. The Morgan fingerprint density at radius 1 is 1.00 bits per heavy atom. The summed E-state index contributed by atoms with van der Waals surface area (Å²) in [6.07, 6.45) is 1.27. The molecule has 1 atom stereocenters. The van der Waals surface area contributed by atoms with E-state index in [0.717, 1.165) is 48.2 Å². The molecule has 152 valence electrons. The predicted molar refractivity (Wildman–Crippen MR) is 116 cm³/mol. The molecule has 0 spiro atoms. The van der Waals surface area contributed by atoms with E-state index in [2.05, 4.69) is 32.1 Å². The van der Waals surface area contributed by atoms with Crippen molar-refractivity contribution in [1.82, 2.24) is 15.1 Å². The van der Waals surface area contributed by atoms with Gasteiger partial charge in [0.25, 0.3) is 0 Å². The molecule has 2 heterocycles. The molecule has 1 saturated heterocycles. The largest absolute Gasteiger partial charge is 0.491 e. The zero-order valence-electron chi connectivity index (χ0n) is 16.2. The molecule has 1 fully saturated rings. The molecule has 1 unspecified atom stereocenters. The number of aliphatic hydroxyl groups excluding tert-OH is 1. The summed E-state index contributed by atoms with van der Waals surface area (Å²) in [4.78, 5) is 4.62. The van der Waals surface area contributed by atoms with E-state index in [1.54, 1.807) is 6.20 Å². The van der Waals surface area contributed by atoms with Crippen LogP contribution in [0.4, 0.5) is 5.69 Å². The molecule has 6 nitrogen and oxygen atoms in total. The van der Waals surface area contributed by atoms with Crippen molar-refractivity contribution in [2.45, 2.75) is 6.10 Å². The number of piperazine rings is 1. The minimum atomic E-state index is -0.525. The number of benzene rings is 2. The summed E-state index contributed by atoms with van der Waals surface area (Å²) < 4.78 is 5.76. The fourth-order valence-electron chi connectivity index (χ4n) is 3.53. The van der Waals surface area contributed by atoms with E-state index in [1.165, 1.54) is 5.69 Å². The first-order valence-corrected chi connectivity index (χ1v) is 10.2. The molecule has 0 radical (unpaired) electrons. The molecule has 0 bridgehead atoms. The highest BCUT2D eigenvalue weighted by Crippen LogP contribution is 2.21. The number of β-amino-alcohol motifs (C(OH)–C–C–N with tert-alkyl or cyclic N) is 1. The number of nitrogens with one attached hydrogen (secondary N) is 1. The molecule has 1 aliphatic rings. The minimum absolute atomic E-state index is 0.277. The van der Waals surface area contributed by atoms with Gasteiger partial charge in [-0.1, -0.05) is 11.6 Å². The second kappa shape index (κ2) is 9.31. The maximum Gasteiger partial charge on any atom is 0.119 e. The highest BCUT2D eigenvalue weighted by Gasteiger charge is 2.19. The van der Waals surface area contributed by atoms with E-state index in [0.29, 0.717) is 6.54 Å². The number of anilines is 1. The van der Waals surface area contributed by atoms with Crippen LogP contribution < -0.4 is 9.64 Å². The molecular formula is C22H25ClN4O2. The SMILES string of the molecule is OC(COc1ccc(-c2cc[nH]n2)cc1)CN1CCN(c2ccc(Cl)cc2)CC1. The van der Waals surface area contributed by atoms with E-state index in [-0.39, 0.29) is 6.61 Å². The van der Waals surface area contributed by atoms with Gasteiger partial charge in [0.1, 0.15) is 18.5 Å². The third-order valence-corrected chi connectivity index (χ3v) is 5.38. The van der Waals surface area contributed by atoms with Gasteiger partial charge in [-0.2, -0.15) is 5.10 Å². The summed E-state index contributed by atoms with van der Waals surface area (Å²) in [5.74, 6) is 0.746. The van der Waals surface area contributed by atoms with Crippen molar-refractivity contribution in [3.8, 4) is 17.0 Å². The van der Waals surface area contributed by atoms with Gasteiger partial charge in [-0.15, -0.1) is 0 Å². The number of aromatic nitrogens is 2. The van der Waals surface area contributed by atoms with Crippen LogP contribution in [0.25, 0.3) is 11.3 Å². The van der Waals surface area contributed by atoms with Crippen LogP contribution in [0, 0.1) is 0 Å². The Hall–Kier alpha value is -2.54. The monoisotopic (exact) mass is 412 g/mol. The second-order valence-electron chi connectivity index (χ2n) is 7.21. The zero-order chi connectivity index (χ0) is 20.1. The van der Waals surface area contributed by atoms with Gasteiger partial charge in [0.2, 0.25) is 0 Å².